The van der Waals surface area contributed by atoms with Crippen LogP contribution in [0.25, 0.3) is 0 Å². The molecule has 0 saturated carbocycles. The average Bonchev–Trinajstić information content (AvgIpc) is 2.48. The van der Waals surface area contributed by atoms with Gasteiger partial charge in [0.2, 0.25) is 0 Å². The summed E-state index contributed by atoms with van der Waals surface area (Å²) < 4.78 is 12.2. The standard InChI is InChI=1S/C16H23BrClNO2/c1-3-6-19-15(11-5-4-7-21-10-11)13-8-12(18)9-14(17)16(13)20-2/h8-9,11,15,19H,3-7,10H2,1-2H3. The van der Waals surface area contributed by atoms with Crippen LogP contribution in [0.15, 0.2) is 16.6 Å². The molecule has 2 atom stereocenters. The summed E-state index contributed by atoms with van der Waals surface area (Å²) >= 11 is 9.80. The number of ether oxygens (including phenoxy) is 2. The number of hydrogen-bond acceptors (Lipinski definition) is 3. The molecule has 5 heteroatoms. The van der Waals surface area contributed by atoms with Crippen LogP contribution in [0.3, 0.4) is 0 Å². The molecule has 0 aliphatic carbocycles. The number of hydrogen-bond donors (Lipinski definition) is 1. The number of methoxy groups -OCH3 is 1. The van der Waals surface area contributed by atoms with Gasteiger partial charge in [0.1, 0.15) is 5.75 Å². The average molecular weight is 377 g/mol. The van der Waals surface area contributed by atoms with E-state index in [1.165, 1.54) is 0 Å². The van der Waals surface area contributed by atoms with Gasteiger partial charge in [-0.25, -0.2) is 0 Å². The minimum atomic E-state index is 0.204. The second kappa shape index (κ2) is 8.37. The van der Waals surface area contributed by atoms with Crippen LogP contribution in [0, 0.1) is 5.92 Å². The van der Waals surface area contributed by atoms with Crippen LogP contribution < -0.4 is 10.1 Å². The molecule has 1 aliphatic rings. The van der Waals surface area contributed by atoms with E-state index in [1.807, 2.05) is 12.1 Å². The Morgan fingerprint density at radius 2 is 2.33 bits per heavy atom. The molecule has 0 radical (unpaired) electrons. The Morgan fingerprint density at radius 3 is 2.95 bits per heavy atom. The highest BCUT2D eigenvalue weighted by Crippen LogP contribution is 2.40. The Kier molecular flexibility index (Phi) is 6.80. The van der Waals surface area contributed by atoms with Crippen molar-refractivity contribution in [3.63, 3.8) is 0 Å². The van der Waals surface area contributed by atoms with E-state index in [4.69, 9.17) is 21.1 Å². The zero-order chi connectivity index (χ0) is 15.2. The fraction of sp³-hybridized carbons (Fsp3) is 0.625. The Labute approximate surface area is 140 Å². The fourth-order valence-corrected chi connectivity index (χ4v) is 3.88. The molecular formula is C16H23BrClNO2. The molecule has 0 bridgehead atoms. The third-order valence-corrected chi connectivity index (χ3v) is 4.66. The summed E-state index contributed by atoms with van der Waals surface area (Å²) in [4.78, 5) is 0. The largest absolute Gasteiger partial charge is 0.495 e. The Balaban J connectivity index is 2.34. The first kappa shape index (κ1) is 17.1. The van der Waals surface area contributed by atoms with Crippen LogP contribution in [0.4, 0.5) is 0 Å². The van der Waals surface area contributed by atoms with Crippen LogP contribution in [-0.4, -0.2) is 26.9 Å². The van der Waals surface area contributed by atoms with E-state index in [0.29, 0.717) is 5.92 Å². The van der Waals surface area contributed by atoms with E-state index in [-0.39, 0.29) is 6.04 Å². The Bertz CT molecular complexity index is 464. The van der Waals surface area contributed by atoms with E-state index >= 15 is 0 Å². The molecule has 1 N–H and O–H groups in total. The van der Waals surface area contributed by atoms with Gasteiger partial charge in [0, 0.05) is 29.2 Å². The third kappa shape index (κ3) is 4.35. The van der Waals surface area contributed by atoms with Crippen molar-refractivity contribution < 1.29 is 9.47 Å². The number of nitrogens with one attached hydrogen (secondary N) is 1. The van der Waals surface area contributed by atoms with Crippen molar-refractivity contribution in [2.45, 2.75) is 32.2 Å². The van der Waals surface area contributed by atoms with Gasteiger partial charge in [-0.2, -0.15) is 0 Å². The molecule has 2 rings (SSSR count). The predicted octanol–water partition coefficient (Wildman–Crippen LogP) is 4.58. The molecule has 118 valence electrons. The van der Waals surface area contributed by atoms with Crippen LogP contribution in [0.1, 0.15) is 37.8 Å². The van der Waals surface area contributed by atoms with Gasteiger partial charge < -0.3 is 14.8 Å². The molecule has 0 amide bonds. The quantitative estimate of drug-likeness (QED) is 0.788. The minimum absolute atomic E-state index is 0.204. The Hall–Kier alpha value is -0.290. The molecule has 1 aromatic carbocycles. The summed E-state index contributed by atoms with van der Waals surface area (Å²) in [6.45, 7) is 4.79. The SMILES string of the molecule is CCCNC(c1cc(Cl)cc(Br)c1OC)C1CCCOC1. The van der Waals surface area contributed by atoms with Crippen molar-refractivity contribution in [1.29, 1.82) is 0 Å². The molecule has 1 aromatic rings. The number of halogens is 2. The zero-order valence-corrected chi connectivity index (χ0v) is 15.0. The minimum Gasteiger partial charge on any atom is -0.495 e. The molecule has 1 aliphatic heterocycles. The maximum Gasteiger partial charge on any atom is 0.137 e. The molecule has 1 fully saturated rings. The van der Waals surface area contributed by atoms with Crippen LogP contribution in [0.2, 0.25) is 5.02 Å². The van der Waals surface area contributed by atoms with E-state index in [1.54, 1.807) is 7.11 Å². The highest BCUT2D eigenvalue weighted by molar-refractivity contribution is 9.10. The van der Waals surface area contributed by atoms with Gasteiger partial charge in [0.05, 0.1) is 18.2 Å². The molecule has 0 spiro atoms. The second-order valence-corrected chi connectivity index (χ2v) is 6.71. The third-order valence-electron chi connectivity index (χ3n) is 3.86. The first-order valence-electron chi connectivity index (χ1n) is 7.51. The van der Waals surface area contributed by atoms with Gasteiger partial charge in [-0.05, 0) is 53.9 Å². The van der Waals surface area contributed by atoms with E-state index in [0.717, 1.165) is 59.8 Å². The summed E-state index contributed by atoms with van der Waals surface area (Å²) in [5.74, 6) is 1.31. The number of benzene rings is 1. The molecule has 2 unspecified atom stereocenters. The van der Waals surface area contributed by atoms with E-state index in [2.05, 4.69) is 28.2 Å². The summed E-state index contributed by atoms with van der Waals surface area (Å²) in [7, 11) is 1.70. The first-order valence-corrected chi connectivity index (χ1v) is 8.68. The maximum atomic E-state index is 6.25. The number of rotatable bonds is 6. The summed E-state index contributed by atoms with van der Waals surface area (Å²) in [6, 6.07) is 4.08. The predicted molar refractivity (Wildman–Crippen MR) is 90.3 cm³/mol. The lowest BCUT2D eigenvalue weighted by Crippen LogP contribution is -2.34. The monoisotopic (exact) mass is 375 g/mol. The van der Waals surface area contributed by atoms with Crippen molar-refractivity contribution >= 4 is 27.5 Å². The highest BCUT2D eigenvalue weighted by Gasteiger charge is 2.28. The summed E-state index contributed by atoms with van der Waals surface area (Å²) in [5, 5.41) is 4.37. The van der Waals surface area contributed by atoms with E-state index < -0.39 is 0 Å². The highest BCUT2D eigenvalue weighted by atomic mass is 79.9. The van der Waals surface area contributed by atoms with Gasteiger partial charge in [-0.3, -0.25) is 0 Å². The molecule has 21 heavy (non-hydrogen) atoms. The summed E-state index contributed by atoms with van der Waals surface area (Å²) in [5.41, 5.74) is 1.11. The molecule has 3 nitrogen and oxygen atoms in total. The van der Waals surface area contributed by atoms with E-state index in [9.17, 15) is 0 Å². The molecule has 1 heterocycles. The maximum absolute atomic E-state index is 6.25. The molecule has 0 aromatic heterocycles. The lowest BCUT2D eigenvalue weighted by Gasteiger charge is -2.32. The van der Waals surface area contributed by atoms with Gasteiger partial charge in [0.15, 0.2) is 0 Å². The Morgan fingerprint density at radius 1 is 1.52 bits per heavy atom. The van der Waals surface area contributed by atoms with Gasteiger partial charge in [-0.15, -0.1) is 0 Å². The van der Waals surface area contributed by atoms with Crippen LogP contribution in [0.5, 0.6) is 5.75 Å². The van der Waals surface area contributed by atoms with Crippen molar-refractivity contribution in [2.75, 3.05) is 26.9 Å². The first-order chi connectivity index (χ1) is 10.2. The van der Waals surface area contributed by atoms with Gasteiger partial charge in [0.25, 0.3) is 0 Å². The topological polar surface area (TPSA) is 30.5 Å². The zero-order valence-electron chi connectivity index (χ0n) is 12.6. The van der Waals surface area contributed by atoms with Crippen LogP contribution in [-0.2, 0) is 4.74 Å². The second-order valence-electron chi connectivity index (χ2n) is 5.42. The lowest BCUT2D eigenvalue weighted by molar-refractivity contribution is 0.0387. The van der Waals surface area contributed by atoms with Crippen LogP contribution >= 0.6 is 27.5 Å². The van der Waals surface area contributed by atoms with Crippen molar-refractivity contribution in [1.82, 2.24) is 5.32 Å². The van der Waals surface area contributed by atoms with Crippen molar-refractivity contribution in [3.05, 3.63) is 27.2 Å². The van der Waals surface area contributed by atoms with Crippen molar-refractivity contribution in [3.8, 4) is 5.75 Å². The van der Waals surface area contributed by atoms with Gasteiger partial charge in [-0.1, -0.05) is 18.5 Å². The lowest BCUT2D eigenvalue weighted by atomic mass is 9.88. The van der Waals surface area contributed by atoms with Gasteiger partial charge >= 0.3 is 0 Å². The fourth-order valence-electron chi connectivity index (χ4n) is 2.89. The van der Waals surface area contributed by atoms with Crippen molar-refractivity contribution in [2.24, 2.45) is 5.92 Å². The normalized spacial score (nSPS) is 20.3. The summed E-state index contributed by atoms with van der Waals surface area (Å²) in [6.07, 6.45) is 3.36. The molecule has 1 saturated heterocycles. The molecular weight excluding hydrogens is 354 g/mol. The smallest absolute Gasteiger partial charge is 0.137 e.